The van der Waals surface area contributed by atoms with Gasteiger partial charge in [-0.2, -0.15) is 0 Å². The number of halogens is 1. The van der Waals surface area contributed by atoms with Gasteiger partial charge in [0, 0.05) is 31.1 Å². The largest absolute Gasteiger partial charge is 0.495 e. The topological polar surface area (TPSA) is 48.3 Å². The van der Waals surface area contributed by atoms with Crippen molar-refractivity contribution in [1.82, 2.24) is 9.55 Å². The number of benzene rings is 1. The smallest absolute Gasteiger partial charge is 0.143 e. The van der Waals surface area contributed by atoms with Gasteiger partial charge < -0.3 is 19.4 Å². The Balaban J connectivity index is 2.20. The van der Waals surface area contributed by atoms with Crippen LogP contribution in [0.25, 0.3) is 0 Å². The van der Waals surface area contributed by atoms with E-state index in [4.69, 9.17) is 21.1 Å². The van der Waals surface area contributed by atoms with Crippen LogP contribution in [0.2, 0.25) is 5.02 Å². The van der Waals surface area contributed by atoms with Gasteiger partial charge in [-0.3, -0.25) is 0 Å². The van der Waals surface area contributed by atoms with Crippen molar-refractivity contribution in [3.05, 3.63) is 35.4 Å². The van der Waals surface area contributed by atoms with E-state index in [9.17, 15) is 0 Å². The highest BCUT2D eigenvalue weighted by atomic mass is 35.5. The predicted molar refractivity (Wildman–Crippen MR) is 79.8 cm³/mol. The zero-order valence-electron chi connectivity index (χ0n) is 11.8. The minimum atomic E-state index is 0.518. The quantitative estimate of drug-likeness (QED) is 0.889. The normalized spacial score (nSPS) is 10.4. The molecular formula is C14H18ClN3O2. The highest BCUT2D eigenvalue weighted by Crippen LogP contribution is 2.35. The maximum absolute atomic E-state index is 6.08. The summed E-state index contributed by atoms with van der Waals surface area (Å²) in [6, 6.07) is 3.55. The summed E-state index contributed by atoms with van der Waals surface area (Å²) < 4.78 is 12.6. The lowest BCUT2D eigenvalue weighted by molar-refractivity contribution is 0.404. The van der Waals surface area contributed by atoms with Crippen molar-refractivity contribution in [2.75, 3.05) is 19.5 Å². The van der Waals surface area contributed by atoms with Gasteiger partial charge in [0.1, 0.15) is 17.3 Å². The first-order valence-corrected chi connectivity index (χ1v) is 6.72. The lowest BCUT2D eigenvalue weighted by atomic mass is 10.2. The highest BCUT2D eigenvalue weighted by Gasteiger charge is 2.10. The molecule has 6 heteroatoms. The number of methoxy groups -OCH3 is 2. The van der Waals surface area contributed by atoms with E-state index in [-0.39, 0.29) is 0 Å². The Kier molecular flexibility index (Phi) is 4.74. The Hall–Kier alpha value is -1.88. The molecule has 1 aromatic carbocycles. The standard InChI is InChI=1S/C14H18ClN3O2/c1-4-18-6-5-16-14(18)9-17-11-8-12(19-2)10(15)7-13(11)20-3/h5-8,17H,4,9H2,1-3H3. The van der Waals surface area contributed by atoms with Crippen LogP contribution in [-0.2, 0) is 13.1 Å². The second-order valence-electron chi connectivity index (χ2n) is 4.17. The second-order valence-corrected chi connectivity index (χ2v) is 4.58. The van der Waals surface area contributed by atoms with Crippen LogP contribution in [-0.4, -0.2) is 23.8 Å². The first-order valence-electron chi connectivity index (χ1n) is 6.35. The van der Waals surface area contributed by atoms with Gasteiger partial charge in [-0.1, -0.05) is 11.6 Å². The van der Waals surface area contributed by atoms with Crippen molar-refractivity contribution in [3.8, 4) is 11.5 Å². The number of aromatic nitrogens is 2. The third kappa shape index (κ3) is 2.99. The summed E-state index contributed by atoms with van der Waals surface area (Å²) in [5, 5.41) is 3.81. The van der Waals surface area contributed by atoms with E-state index in [0.717, 1.165) is 18.1 Å². The van der Waals surface area contributed by atoms with Gasteiger partial charge in [-0.25, -0.2) is 4.98 Å². The molecule has 5 nitrogen and oxygen atoms in total. The number of hydrogen-bond donors (Lipinski definition) is 1. The predicted octanol–water partition coefficient (Wildman–Crippen LogP) is 3.19. The molecule has 0 aliphatic rings. The van der Waals surface area contributed by atoms with Gasteiger partial charge >= 0.3 is 0 Å². The molecule has 0 saturated carbocycles. The molecule has 0 radical (unpaired) electrons. The van der Waals surface area contributed by atoms with Crippen LogP contribution in [0, 0.1) is 0 Å². The van der Waals surface area contributed by atoms with Gasteiger partial charge in [0.25, 0.3) is 0 Å². The summed E-state index contributed by atoms with van der Waals surface area (Å²) in [6.45, 7) is 3.57. The molecule has 0 fully saturated rings. The molecule has 0 unspecified atom stereocenters. The summed E-state index contributed by atoms with van der Waals surface area (Å²) in [5.41, 5.74) is 0.819. The van der Waals surface area contributed by atoms with Gasteiger partial charge in [0.15, 0.2) is 0 Å². The van der Waals surface area contributed by atoms with Crippen molar-refractivity contribution < 1.29 is 9.47 Å². The Morgan fingerprint density at radius 2 is 2.00 bits per heavy atom. The molecule has 0 aliphatic carbocycles. The van der Waals surface area contributed by atoms with Crippen LogP contribution in [0.4, 0.5) is 5.69 Å². The molecule has 0 atom stereocenters. The molecule has 2 aromatic rings. The zero-order chi connectivity index (χ0) is 14.5. The monoisotopic (exact) mass is 295 g/mol. The van der Waals surface area contributed by atoms with Crippen LogP contribution in [0.1, 0.15) is 12.7 Å². The molecule has 108 valence electrons. The lowest BCUT2D eigenvalue weighted by Crippen LogP contribution is -2.08. The number of nitrogens with zero attached hydrogens (tertiary/aromatic N) is 2. The van der Waals surface area contributed by atoms with Crippen molar-refractivity contribution >= 4 is 17.3 Å². The highest BCUT2D eigenvalue weighted by molar-refractivity contribution is 6.32. The van der Waals surface area contributed by atoms with Crippen molar-refractivity contribution in [3.63, 3.8) is 0 Å². The first kappa shape index (κ1) is 14.5. The fourth-order valence-electron chi connectivity index (χ4n) is 1.97. The molecule has 2 rings (SSSR count). The van der Waals surface area contributed by atoms with Crippen LogP contribution >= 0.6 is 11.6 Å². The van der Waals surface area contributed by atoms with Crippen molar-refractivity contribution in [2.24, 2.45) is 0 Å². The fourth-order valence-corrected chi connectivity index (χ4v) is 2.20. The van der Waals surface area contributed by atoms with E-state index >= 15 is 0 Å². The van der Waals surface area contributed by atoms with Gasteiger partial charge in [0.05, 0.1) is 31.5 Å². The number of nitrogens with one attached hydrogen (secondary N) is 1. The maximum Gasteiger partial charge on any atom is 0.143 e. The molecule has 1 N–H and O–H groups in total. The van der Waals surface area contributed by atoms with Crippen LogP contribution in [0.3, 0.4) is 0 Å². The summed E-state index contributed by atoms with van der Waals surface area (Å²) in [4.78, 5) is 4.32. The number of ether oxygens (including phenoxy) is 2. The van der Waals surface area contributed by atoms with Crippen LogP contribution in [0.15, 0.2) is 24.5 Å². The number of imidazole rings is 1. The molecule has 0 spiro atoms. The van der Waals surface area contributed by atoms with Gasteiger partial charge in [-0.15, -0.1) is 0 Å². The molecule has 0 aliphatic heterocycles. The molecule has 20 heavy (non-hydrogen) atoms. The Morgan fingerprint density at radius 3 is 2.65 bits per heavy atom. The average Bonchev–Trinajstić information content (AvgIpc) is 2.92. The minimum absolute atomic E-state index is 0.518. The van der Waals surface area contributed by atoms with E-state index in [1.54, 1.807) is 26.5 Å². The molecule has 1 heterocycles. The van der Waals surface area contributed by atoms with E-state index in [2.05, 4.69) is 21.8 Å². The van der Waals surface area contributed by atoms with Crippen LogP contribution in [0.5, 0.6) is 11.5 Å². The third-order valence-corrected chi connectivity index (χ3v) is 3.35. The van der Waals surface area contributed by atoms with E-state index in [1.807, 2.05) is 12.3 Å². The summed E-state index contributed by atoms with van der Waals surface area (Å²) >= 11 is 6.08. The minimum Gasteiger partial charge on any atom is -0.495 e. The summed E-state index contributed by atoms with van der Waals surface area (Å²) in [6.07, 6.45) is 3.75. The summed E-state index contributed by atoms with van der Waals surface area (Å²) in [7, 11) is 3.19. The molecule has 0 saturated heterocycles. The van der Waals surface area contributed by atoms with Gasteiger partial charge in [-0.05, 0) is 6.92 Å². The average molecular weight is 296 g/mol. The second kappa shape index (κ2) is 6.52. The lowest BCUT2D eigenvalue weighted by Gasteiger charge is -2.14. The SMILES string of the molecule is CCn1ccnc1CNc1cc(OC)c(Cl)cc1OC. The number of aryl methyl sites for hydroxylation is 1. The molecule has 0 bridgehead atoms. The Bertz CT molecular complexity index is 584. The fraction of sp³-hybridized carbons (Fsp3) is 0.357. The van der Waals surface area contributed by atoms with E-state index < -0.39 is 0 Å². The van der Waals surface area contributed by atoms with Crippen molar-refractivity contribution in [2.45, 2.75) is 20.0 Å². The van der Waals surface area contributed by atoms with E-state index in [0.29, 0.717) is 23.1 Å². The Morgan fingerprint density at radius 1 is 1.25 bits per heavy atom. The third-order valence-electron chi connectivity index (χ3n) is 3.05. The first-order chi connectivity index (χ1) is 9.69. The number of anilines is 1. The zero-order valence-corrected chi connectivity index (χ0v) is 12.6. The van der Waals surface area contributed by atoms with Crippen LogP contribution < -0.4 is 14.8 Å². The van der Waals surface area contributed by atoms with Gasteiger partial charge in [0.2, 0.25) is 0 Å². The summed E-state index contributed by atoms with van der Waals surface area (Å²) in [5.74, 6) is 2.24. The molecule has 0 amide bonds. The maximum atomic E-state index is 6.08. The van der Waals surface area contributed by atoms with Crippen molar-refractivity contribution in [1.29, 1.82) is 0 Å². The number of hydrogen-bond acceptors (Lipinski definition) is 4. The Labute approximate surface area is 123 Å². The molecule has 1 aromatic heterocycles. The number of rotatable bonds is 6. The van der Waals surface area contributed by atoms with E-state index in [1.165, 1.54) is 0 Å². The molecular weight excluding hydrogens is 278 g/mol.